The summed E-state index contributed by atoms with van der Waals surface area (Å²) in [7, 11) is 0. The molecule has 0 aliphatic rings. The number of benzene rings is 1. The van der Waals surface area contributed by atoms with Crippen molar-refractivity contribution in [3.63, 3.8) is 0 Å². The van der Waals surface area contributed by atoms with Gasteiger partial charge in [-0.3, -0.25) is 0 Å². The number of nitrogens with zero attached hydrogens (tertiary/aromatic N) is 6. The molecule has 0 bridgehead atoms. The van der Waals surface area contributed by atoms with Crippen LogP contribution >= 0.6 is 0 Å². The van der Waals surface area contributed by atoms with Crippen LogP contribution in [0.25, 0.3) is 22.8 Å². The molecule has 2 aromatic heterocycles. The highest BCUT2D eigenvalue weighted by Crippen LogP contribution is 2.20. The quantitative estimate of drug-likeness (QED) is 0.623. The van der Waals surface area contributed by atoms with Gasteiger partial charge in [0.05, 0.1) is 0 Å². The van der Waals surface area contributed by atoms with Gasteiger partial charge in [0.2, 0.25) is 11.6 Å². The number of rotatable bonds is 2. The second kappa shape index (κ2) is 3.50. The first kappa shape index (κ1) is 8.65. The molecule has 0 aliphatic heterocycles. The first-order valence-corrected chi connectivity index (χ1v) is 4.51. The molecule has 0 amide bonds. The van der Waals surface area contributed by atoms with Crippen molar-refractivity contribution < 1.29 is 0 Å². The lowest BCUT2D eigenvalue weighted by Crippen LogP contribution is -1.85. The first-order chi connectivity index (χ1) is 7.93. The molecule has 8 heteroatoms. The molecule has 0 unspecified atom stereocenters. The summed E-state index contributed by atoms with van der Waals surface area (Å²) in [6.07, 6.45) is 0. The van der Waals surface area contributed by atoms with Crippen LogP contribution in [0.3, 0.4) is 0 Å². The van der Waals surface area contributed by atoms with Crippen LogP contribution in [0.5, 0.6) is 0 Å². The van der Waals surface area contributed by atoms with E-state index in [9.17, 15) is 0 Å². The highest BCUT2D eigenvalue weighted by atomic mass is 15.5. The van der Waals surface area contributed by atoms with Gasteiger partial charge in [-0.2, -0.15) is 10.4 Å². The summed E-state index contributed by atoms with van der Waals surface area (Å²) in [5, 5.41) is 27.4. The number of aromatic nitrogens is 8. The second-order valence-electron chi connectivity index (χ2n) is 3.05. The fourth-order valence-corrected chi connectivity index (χ4v) is 1.37. The summed E-state index contributed by atoms with van der Waals surface area (Å²) in [5.74, 6) is 1.07. The van der Waals surface area contributed by atoms with Crippen LogP contribution < -0.4 is 0 Å². The highest BCUT2D eigenvalue weighted by molar-refractivity contribution is 5.64. The maximum atomic E-state index is 3.90. The maximum Gasteiger partial charge on any atom is 0.204 e. The number of nitrogens with one attached hydrogen (secondary N) is 2. The summed E-state index contributed by atoms with van der Waals surface area (Å²) >= 11 is 0. The largest absolute Gasteiger partial charge is 0.204 e. The van der Waals surface area contributed by atoms with Gasteiger partial charge in [0, 0.05) is 11.1 Å². The van der Waals surface area contributed by atoms with Crippen molar-refractivity contribution in [1.29, 1.82) is 0 Å². The minimum Gasteiger partial charge on any atom is -0.177 e. The molecule has 0 atom stereocenters. The van der Waals surface area contributed by atoms with E-state index in [-0.39, 0.29) is 0 Å². The van der Waals surface area contributed by atoms with Crippen molar-refractivity contribution in [3.8, 4) is 22.8 Å². The Balaban J connectivity index is 2.07. The standard InChI is InChI=1S/C8H6N8/c1-2-5(7-9-13-14-10-7)4-6(3-1)8-11-15-16-12-8/h1-4H,(H,9,10,13,14)(H,11,12,15,16). The van der Waals surface area contributed by atoms with E-state index in [0.717, 1.165) is 11.1 Å². The van der Waals surface area contributed by atoms with Gasteiger partial charge >= 0.3 is 0 Å². The lowest BCUT2D eigenvalue weighted by atomic mass is 10.1. The molecule has 3 rings (SSSR count). The van der Waals surface area contributed by atoms with Crippen molar-refractivity contribution in [3.05, 3.63) is 24.3 Å². The number of aromatic amines is 2. The summed E-state index contributed by atoms with van der Waals surface area (Å²) in [6.45, 7) is 0. The molecular weight excluding hydrogens is 208 g/mol. The van der Waals surface area contributed by atoms with E-state index in [0.29, 0.717) is 11.6 Å². The van der Waals surface area contributed by atoms with Crippen LogP contribution in [0.2, 0.25) is 0 Å². The average Bonchev–Trinajstić information content (AvgIpc) is 3.03. The second-order valence-corrected chi connectivity index (χ2v) is 3.05. The Kier molecular flexibility index (Phi) is 1.89. The van der Waals surface area contributed by atoms with Crippen molar-refractivity contribution in [2.24, 2.45) is 0 Å². The van der Waals surface area contributed by atoms with Gasteiger partial charge in [-0.1, -0.05) is 18.2 Å². The summed E-state index contributed by atoms with van der Waals surface area (Å²) in [4.78, 5) is 0. The van der Waals surface area contributed by atoms with Crippen LogP contribution in [-0.4, -0.2) is 41.2 Å². The molecule has 0 saturated carbocycles. The van der Waals surface area contributed by atoms with Gasteiger partial charge < -0.3 is 0 Å². The van der Waals surface area contributed by atoms with Gasteiger partial charge in [0.1, 0.15) is 0 Å². The van der Waals surface area contributed by atoms with Crippen LogP contribution in [0, 0.1) is 0 Å². The zero-order valence-electron chi connectivity index (χ0n) is 7.99. The number of hydrogen-bond acceptors (Lipinski definition) is 6. The van der Waals surface area contributed by atoms with Gasteiger partial charge in [-0.05, 0) is 16.5 Å². The fraction of sp³-hybridized carbons (Fsp3) is 0. The molecule has 16 heavy (non-hydrogen) atoms. The fourth-order valence-electron chi connectivity index (χ4n) is 1.37. The lowest BCUT2D eigenvalue weighted by molar-refractivity contribution is 0.881. The number of tetrazole rings is 2. The Labute approximate surface area is 89.1 Å². The normalized spacial score (nSPS) is 10.5. The Morgan fingerprint density at radius 2 is 1.38 bits per heavy atom. The number of hydrogen-bond donors (Lipinski definition) is 2. The van der Waals surface area contributed by atoms with E-state index in [1.807, 2.05) is 24.3 Å². The van der Waals surface area contributed by atoms with Crippen LogP contribution in [0.4, 0.5) is 0 Å². The molecule has 3 aromatic rings. The number of H-pyrrole nitrogens is 2. The lowest BCUT2D eigenvalue weighted by Gasteiger charge is -1.97. The molecule has 8 nitrogen and oxygen atoms in total. The molecule has 1 aromatic carbocycles. The monoisotopic (exact) mass is 214 g/mol. The van der Waals surface area contributed by atoms with Gasteiger partial charge in [0.25, 0.3) is 0 Å². The van der Waals surface area contributed by atoms with E-state index in [1.165, 1.54) is 0 Å². The molecule has 0 saturated heterocycles. The Bertz CT molecular complexity index is 520. The van der Waals surface area contributed by atoms with Crippen molar-refractivity contribution in [2.45, 2.75) is 0 Å². The molecule has 2 N–H and O–H groups in total. The van der Waals surface area contributed by atoms with E-state index in [2.05, 4.69) is 41.2 Å². The third-order valence-electron chi connectivity index (χ3n) is 2.07. The summed E-state index contributed by atoms with van der Waals surface area (Å²) < 4.78 is 0. The minimum atomic E-state index is 0.533. The maximum absolute atomic E-state index is 3.90. The Morgan fingerprint density at radius 3 is 1.81 bits per heavy atom. The highest BCUT2D eigenvalue weighted by Gasteiger charge is 2.07. The third-order valence-corrected chi connectivity index (χ3v) is 2.07. The molecular formula is C8H6N8. The Morgan fingerprint density at radius 1 is 0.812 bits per heavy atom. The van der Waals surface area contributed by atoms with Crippen molar-refractivity contribution >= 4 is 0 Å². The van der Waals surface area contributed by atoms with Crippen LogP contribution in [0.1, 0.15) is 0 Å². The summed E-state index contributed by atoms with van der Waals surface area (Å²) in [6, 6.07) is 7.51. The van der Waals surface area contributed by atoms with Crippen LogP contribution in [0.15, 0.2) is 24.3 Å². The Hall–Kier alpha value is -2.64. The average molecular weight is 214 g/mol. The predicted molar refractivity (Wildman–Crippen MR) is 52.8 cm³/mol. The van der Waals surface area contributed by atoms with Gasteiger partial charge in [-0.15, -0.1) is 20.4 Å². The van der Waals surface area contributed by atoms with E-state index in [4.69, 9.17) is 0 Å². The first-order valence-electron chi connectivity index (χ1n) is 4.51. The van der Waals surface area contributed by atoms with Crippen molar-refractivity contribution in [2.75, 3.05) is 0 Å². The van der Waals surface area contributed by atoms with E-state index in [1.54, 1.807) is 0 Å². The topological polar surface area (TPSA) is 109 Å². The molecule has 0 fully saturated rings. The third kappa shape index (κ3) is 1.41. The zero-order valence-corrected chi connectivity index (χ0v) is 7.99. The van der Waals surface area contributed by atoms with Crippen molar-refractivity contribution in [1.82, 2.24) is 41.2 Å². The zero-order chi connectivity index (χ0) is 10.8. The summed E-state index contributed by atoms with van der Waals surface area (Å²) in [5.41, 5.74) is 1.69. The molecule has 0 radical (unpaired) electrons. The SMILES string of the molecule is c1cc(-c2nn[nH]n2)cc(-c2nn[nH]n2)c1. The molecule has 0 aliphatic carbocycles. The van der Waals surface area contributed by atoms with Crippen LogP contribution in [-0.2, 0) is 0 Å². The molecule has 78 valence electrons. The predicted octanol–water partition coefficient (Wildman–Crippen LogP) is 0.0468. The molecule has 0 spiro atoms. The molecule has 2 heterocycles. The van der Waals surface area contributed by atoms with Gasteiger partial charge in [0.15, 0.2) is 0 Å². The van der Waals surface area contributed by atoms with E-state index >= 15 is 0 Å². The van der Waals surface area contributed by atoms with E-state index < -0.39 is 0 Å². The smallest absolute Gasteiger partial charge is 0.177 e. The minimum absolute atomic E-state index is 0.533. The van der Waals surface area contributed by atoms with Gasteiger partial charge in [-0.25, -0.2) is 0 Å².